The van der Waals surface area contributed by atoms with Gasteiger partial charge in [-0.1, -0.05) is 0 Å². The summed E-state index contributed by atoms with van der Waals surface area (Å²) in [6.07, 6.45) is 2.27. The molecule has 2 heterocycles. The van der Waals surface area contributed by atoms with E-state index in [4.69, 9.17) is 5.26 Å². The lowest BCUT2D eigenvalue weighted by molar-refractivity contribution is -0.121. The van der Waals surface area contributed by atoms with Gasteiger partial charge in [-0.05, 0) is 38.3 Å². The highest BCUT2D eigenvalue weighted by atomic mass is 16.1. The van der Waals surface area contributed by atoms with E-state index in [1.54, 1.807) is 24.7 Å². The van der Waals surface area contributed by atoms with Crippen molar-refractivity contribution in [2.75, 3.05) is 0 Å². The van der Waals surface area contributed by atoms with E-state index in [0.717, 1.165) is 5.56 Å². The number of hydrogen-bond donors (Lipinski definition) is 2. The van der Waals surface area contributed by atoms with E-state index in [0.29, 0.717) is 23.5 Å². The van der Waals surface area contributed by atoms with Crippen LogP contribution in [0.4, 0.5) is 0 Å². The molecule has 1 atom stereocenters. The molecule has 8 heteroatoms. The van der Waals surface area contributed by atoms with Crippen LogP contribution in [0.3, 0.4) is 0 Å². The van der Waals surface area contributed by atoms with Gasteiger partial charge in [-0.2, -0.15) is 5.26 Å². The number of aromatic amines is 1. The molecule has 126 valence electrons. The Morgan fingerprint density at radius 3 is 2.79 bits per heavy atom. The van der Waals surface area contributed by atoms with Crippen LogP contribution in [0.25, 0.3) is 0 Å². The lowest BCUT2D eigenvalue weighted by Crippen LogP contribution is -2.29. The first-order chi connectivity index (χ1) is 11.3. The van der Waals surface area contributed by atoms with Gasteiger partial charge in [-0.15, -0.1) is 10.2 Å². The Hall–Kier alpha value is -2.95. The minimum absolute atomic E-state index is 0.100. The summed E-state index contributed by atoms with van der Waals surface area (Å²) in [5.74, 6) is 0.542. The van der Waals surface area contributed by atoms with Gasteiger partial charge in [-0.3, -0.25) is 9.59 Å². The van der Waals surface area contributed by atoms with Crippen LogP contribution in [0.2, 0.25) is 0 Å². The first kappa shape index (κ1) is 17.4. The first-order valence-corrected chi connectivity index (χ1v) is 7.60. The van der Waals surface area contributed by atoms with Gasteiger partial charge < -0.3 is 14.9 Å². The lowest BCUT2D eigenvalue weighted by atomic mass is 9.99. The average molecular weight is 328 g/mol. The molecule has 0 bridgehead atoms. The van der Waals surface area contributed by atoms with Crippen molar-refractivity contribution in [1.29, 1.82) is 5.26 Å². The molecule has 2 aromatic rings. The Labute approximate surface area is 139 Å². The molecule has 2 N–H and O–H groups in total. The molecule has 0 radical (unpaired) electrons. The summed E-state index contributed by atoms with van der Waals surface area (Å²) in [6, 6.07) is 1.66. The maximum atomic E-state index is 12.2. The SMILES string of the molecule is Cc1[nH]c(=O)c(C#N)c(C)c1CCC(=O)NC(C)c1nncn1C. The van der Waals surface area contributed by atoms with Crippen molar-refractivity contribution in [3.05, 3.63) is 44.9 Å². The standard InChI is InChI=1S/C16H20N6O2/c1-9-12(10(2)20-16(24)13(9)7-17)5-6-14(23)19-11(3)15-21-18-8-22(15)4/h8,11H,5-6H2,1-4H3,(H,19,23)(H,20,24). The topological polar surface area (TPSA) is 116 Å². The van der Waals surface area contributed by atoms with Crippen LogP contribution in [0.5, 0.6) is 0 Å². The number of aryl methyl sites for hydroxylation is 2. The number of pyridine rings is 1. The van der Waals surface area contributed by atoms with Gasteiger partial charge in [0.25, 0.3) is 5.56 Å². The summed E-state index contributed by atoms with van der Waals surface area (Å²) >= 11 is 0. The molecule has 0 aromatic carbocycles. The smallest absolute Gasteiger partial charge is 0.266 e. The summed E-state index contributed by atoms with van der Waals surface area (Å²) in [5, 5.41) is 19.7. The minimum atomic E-state index is -0.392. The second-order valence-electron chi connectivity index (χ2n) is 5.76. The second kappa shape index (κ2) is 7.08. The number of carbonyl (C=O) groups excluding carboxylic acids is 1. The van der Waals surface area contributed by atoms with Crippen LogP contribution in [-0.2, 0) is 18.3 Å². The van der Waals surface area contributed by atoms with Crippen LogP contribution < -0.4 is 10.9 Å². The Morgan fingerprint density at radius 2 is 2.21 bits per heavy atom. The number of H-pyrrole nitrogens is 1. The number of amides is 1. The molecule has 0 aliphatic carbocycles. The van der Waals surface area contributed by atoms with E-state index in [2.05, 4.69) is 20.5 Å². The van der Waals surface area contributed by atoms with E-state index in [9.17, 15) is 9.59 Å². The molecule has 1 amide bonds. The number of nitrogens with one attached hydrogen (secondary N) is 2. The zero-order chi connectivity index (χ0) is 17.9. The van der Waals surface area contributed by atoms with Crippen LogP contribution in [0.1, 0.15) is 47.6 Å². The summed E-state index contributed by atoms with van der Waals surface area (Å²) < 4.78 is 1.75. The molecule has 0 saturated carbocycles. The zero-order valence-electron chi connectivity index (χ0n) is 14.2. The number of nitrogens with zero attached hydrogens (tertiary/aromatic N) is 4. The quantitative estimate of drug-likeness (QED) is 0.842. The Balaban J connectivity index is 2.06. The highest BCUT2D eigenvalue weighted by Gasteiger charge is 2.16. The Bertz CT molecular complexity index is 858. The third-order valence-electron chi connectivity index (χ3n) is 4.03. The molecule has 2 aromatic heterocycles. The maximum Gasteiger partial charge on any atom is 0.266 e. The van der Waals surface area contributed by atoms with Gasteiger partial charge in [0.15, 0.2) is 5.82 Å². The molecule has 1 unspecified atom stereocenters. The first-order valence-electron chi connectivity index (χ1n) is 7.60. The predicted molar refractivity (Wildman–Crippen MR) is 87.1 cm³/mol. The summed E-state index contributed by atoms with van der Waals surface area (Å²) in [7, 11) is 1.81. The average Bonchev–Trinajstić information content (AvgIpc) is 2.93. The fraction of sp³-hybridized carbons (Fsp3) is 0.438. The number of rotatable bonds is 5. The van der Waals surface area contributed by atoms with Crippen molar-refractivity contribution in [2.24, 2.45) is 7.05 Å². The van der Waals surface area contributed by atoms with Gasteiger partial charge in [0.05, 0.1) is 6.04 Å². The van der Waals surface area contributed by atoms with E-state index >= 15 is 0 Å². The van der Waals surface area contributed by atoms with Crippen molar-refractivity contribution in [2.45, 2.75) is 39.7 Å². The van der Waals surface area contributed by atoms with E-state index in [-0.39, 0.29) is 23.9 Å². The third kappa shape index (κ3) is 3.51. The molecule has 24 heavy (non-hydrogen) atoms. The molecule has 0 aliphatic heterocycles. The normalized spacial score (nSPS) is 11.8. The molecule has 8 nitrogen and oxygen atoms in total. The molecule has 0 saturated heterocycles. The molecular weight excluding hydrogens is 308 g/mol. The molecular formula is C16H20N6O2. The molecule has 0 spiro atoms. The number of hydrogen-bond acceptors (Lipinski definition) is 5. The Morgan fingerprint density at radius 1 is 1.50 bits per heavy atom. The van der Waals surface area contributed by atoms with Gasteiger partial charge in [0.1, 0.15) is 18.0 Å². The van der Waals surface area contributed by atoms with E-state index < -0.39 is 5.56 Å². The molecule has 0 fully saturated rings. The van der Waals surface area contributed by atoms with Crippen molar-refractivity contribution < 1.29 is 4.79 Å². The lowest BCUT2D eigenvalue weighted by Gasteiger charge is -2.14. The van der Waals surface area contributed by atoms with Crippen molar-refractivity contribution >= 4 is 5.91 Å². The minimum Gasteiger partial charge on any atom is -0.346 e. The van der Waals surface area contributed by atoms with Crippen molar-refractivity contribution in [3.63, 3.8) is 0 Å². The van der Waals surface area contributed by atoms with Crippen LogP contribution >= 0.6 is 0 Å². The van der Waals surface area contributed by atoms with Gasteiger partial charge in [-0.25, -0.2) is 0 Å². The van der Waals surface area contributed by atoms with Crippen molar-refractivity contribution in [3.8, 4) is 6.07 Å². The summed E-state index contributed by atoms with van der Waals surface area (Å²) in [6.45, 7) is 5.34. The monoisotopic (exact) mass is 328 g/mol. The fourth-order valence-corrected chi connectivity index (χ4v) is 2.72. The van der Waals surface area contributed by atoms with Gasteiger partial charge in [0.2, 0.25) is 5.91 Å². The van der Waals surface area contributed by atoms with Crippen LogP contribution in [0.15, 0.2) is 11.1 Å². The van der Waals surface area contributed by atoms with Crippen LogP contribution in [0, 0.1) is 25.2 Å². The van der Waals surface area contributed by atoms with Gasteiger partial charge >= 0.3 is 0 Å². The zero-order valence-corrected chi connectivity index (χ0v) is 14.2. The third-order valence-corrected chi connectivity index (χ3v) is 4.03. The molecule has 2 rings (SSSR count). The van der Waals surface area contributed by atoms with Gasteiger partial charge in [0, 0.05) is 19.2 Å². The maximum absolute atomic E-state index is 12.2. The predicted octanol–water partition coefficient (Wildman–Crippen LogP) is 0.802. The number of nitriles is 1. The van der Waals surface area contributed by atoms with Crippen LogP contribution in [-0.4, -0.2) is 25.7 Å². The fourth-order valence-electron chi connectivity index (χ4n) is 2.72. The largest absolute Gasteiger partial charge is 0.346 e. The summed E-state index contributed by atoms with van der Waals surface area (Å²) in [5.41, 5.74) is 1.85. The second-order valence-corrected chi connectivity index (χ2v) is 5.76. The van der Waals surface area contributed by atoms with Crippen molar-refractivity contribution in [1.82, 2.24) is 25.1 Å². The Kier molecular flexibility index (Phi) is 5.14. The van der Waals surface area contributed by atoms with E-state index in [1.165, 1.54) is 0 Å². The highest BCUT2D eigenvalue weighted by molar-refractivity contribution is 5.76. The number of carbonyl (C=O) groups is 1. The van der Waals surface area contributed by atoms with E-state index in [1.807, 2.05) is 20.0 Å². The molecule has 0 aliphatic rings. The highest BCUT2D eigenvalue weighted by Crippen LogP contribution is 2.15. The number of aromatic nitrogens is 4. The summed E-state index contributed by atoms with van der Waals surface area (Å²) in [4.78, 5) is 26.6.